The van der Waals surface area contributed by atoms with Crippen LogP contribution in [0.2, 0.25) is 0 Å². The van der Waals surface area contributed by atoms with Gasteiger partial charge in [0.05, 0.1) is 6.42 Å². The molecule has 1 saturated heterocycles. The van der Waals surface area contributed by atoms with Gasteiger partial charge in [0.25, 0.3) is 0 Å². The molecule has 4 nitrogen and oxygen atoms in total. The molecule has 1 heterocycles. The number of rotatable bonds is 7. The predicted octanol–water partition coefficient (Wildman–Crippen LogP) is 4.77. The summed E-state index contributed by atoms with van der Waals surface area (Å²) < 4.78 is 0. The number of likely N-dealkylation sites (tertiary alicyclic amines) is 1. The average Bonchev–Trinajstić information content (AvgIpc) is 2.52. The number of aliphatic hydroxyl groups is 1. The van der Waals surface area contributed by atoms with Gasteiger partial charge in [-0.3, -0.25) is 4.79 Å². The first kappa shape index (κ1) is 23.4. The Balaban J connectivity index is 0.00000101. The van der Waals surface area contributed by atoms with Crippen molar-refractivity contribution in [2.24, 2.45) is 5.41 Å². The smallest absolute Gasteiger partial charge is 0.307 e. The number of unbranched alkanes of at least 4 members (excludes halogenated alkanes) is 1. The monoisotopic (exact) mass is 351 g/mol. The first-order valence-corrected chi connectivity index (χ1v) is 9.27. The molecule has 0 unspecified atom stereocenters. The van der Waals surface area contributed by atoms with Crippen molar-refractivity contribution in [2.75, 3.05) is 19.7 Å². The molecule has 0 spiro atoms. The van der Waals surface area contributed by atoms with Gasteiger partial charge in [-0.05, 0) is 50.2 Å². The van der Waals surface area contributed by atoms with Crippen LogP contribution in [0.1, 0.15) is 66.7 Å². The topological polar surface area (TPSA) is 60.8 Å². The maximum atomic E-state index is 11.1. The minimum atomic E-state index is -0.803. The Hall–Kier alpha value is -1.55. The van der Waals surface area contributed by atoms with Gasteiger partial charge in [-0.15, -0.1) is 0 Å². The molecular weight excluding hydrogens is 314 g/mol. The molecular formula is C21H37NO3. The molecule has 25 heavy (non-hydrogen) atoms. The van der Waals surface area contributed by atoms with Crippen molar-refractivity contribution in [1.82, 2.24) is 4.90 Å². The van der Waals surface area contributed by atoms with Crippen molar-refractivity contribution in [2.45, 2.75) is 66.7 Å². The van der Waals surface area contributed by atoms with Crippen LogP contribution in [0.25, 0.3) is 0 Å². The van der Waals surface area contributed by atoms with Crippen LogP contribution in [0, 0.1) is 5.41 Å². The molecule has 0 atom stereocenters. The lowest BCUT2D eigenvalue weighted by atomic mass is 9.82. The van der Waals surface area contributed by atoms with Crippen molar-refractivity contribution in [3.8, 4) is 0 Å². The minimum absolute atomic E-state index is 0.0366. The standard InChI is InChI=1S/C17H27NO2.C4H10O/c1-6-7-15(14(13(2)3)12-16(19)20)18-10-8-17(4,5)9-11-18;1-2-3-4-5/h6-7H,2,8-12H2,1,3-5H3,(H,19,20);5H,2-4H2,1H3/b7-6-,15-14+;. The van der Waals surface area contributed by atoms with Gasteiger partial charge in [0.15, 0.2) is 0 Å². The van der Waals surface area contributed by atoms with Crippen LogP contribution >= 0.6 is 0 Å². The molecule has 1 fully saturated rings. The first-order valence-electron chi connectivity index (χ1n) is 9.27. The fourth-order valence-electron chi connectivity index (χ4n) is 2.68. The molecule has 0 aromatic rings. The van der Waals surface area contributed by atoms with Crippen LogP contribution in [0.3, 0.4) is 0 Å². The molecule has 1 aliphatic heterocycles. The number of aliphatic hydroxyl groups excluding tert-OH is 1. The van der Waals surface area contributed by atoms with E-state index in [4.69, 9.17) is 10.2 Å². The highest BCUT2D eigenvalue weighted by atomic mass is 16.4. The first-order chi connectivity index (χ1) is 11.7. The zero-order valence-electron chi connectivity index (χ0n) is 16.8. The lowest BCUT2D eigenvalue weighted by Crippen LogP contribution is -2.37. The highest BCUT2D eigenvalue weighted by Crippen LogP contribution is 2.33. The summed E-state index contributed by atoms with van der Waals surface area (Å²) in [6.07, 6.45) is 8.33. The van der Waals surface area contributed by atoms with Crippen LogP contribution in [-0.4, -0.2) is 40.8 Å². The number of nitrogens with zero attached hydrogens (tertiary/aromatic N) is 1. The number of carbonyl (C=O) groups is 1. The van der Waals surface area contributed by atoms with Crippen molar-refractivity contribution >= 4 is 5.97 Å². The highest BCUT2D eigenvalue weighted by Gasteiger charge is 2.27. The number of allylic oxidation sites excluding steroid dienone is 3. The normalized spacial score (nSPS) is 17.6. The Kier molecular flexibility index (Phi) is 11.2. The molecule has 1 aliphatic rings. The lowest BCUT2D eigenvalue weighted by Gasteiger charge is -2.39. The van der Waals surface area contributed by atoms with Crippen LogP contribution in [0.4, 0.5) is 0 Å². The maximum Gasteiger partial charge on any atom is 0.307 e. The number of hydrogen-bond donors (Lipinski definition) is 2. The quantitative estimate of drug-likeness (QED) is 0.649. The van der Waals surface area contributed by atoms with Crippen molar-refractivity contribution in [1.29, 1.82) is 0 Å². The third kappa shape index (κ3) is 9.49. The van der Waals surface area contributed by atoms with Gasteiger partial charge < -0.3 is 15.1 Å². The number of piperidine rings is 1. The van der Waals surface area contributed by atoms with E-state index < -0.39 is 5.97 Å². The fraction of sp³-hybridized carbons (Fsp3) is 0.667. The Morgan fingerprint density at radius 3 is 2.16 bits per heavy atom. The summed E-state index contributed by atoms with van der Waals surface area (Å²) in [5, 5.41) is 17.2. The van der Waals surface area contributed by atoms with Gasteiger partial charge >= 0.3 is 5.97 Å². The van der Waals surface area contributed by atoms with Gasteiger partial charge in [-0.2, -0.15) is 0 Å². The highest BCUT2D eigenvalue weighted by molar-refractivity contribution is 5.72. The molecule has 0 aromatic carbocycles. The van der Waals surface area contributed by atoms with Gasteiger partial charge in [-0.1, -0.05) is 45.4 Å². The van der Waals surface area contributed by atoms with Crippen molar-refractivity contribution in [3.63, 3.8) is 0 Å². The number of hydrogen-bond acceptors (Lipinski definition) is 3. The van der Waals surface area contributed by atoms with Crippen LogP contribution in [-0.2, 0) is 4.79 Å². The summed E-state index contributed by atoms with van der Waals surface area (Å²) in [6, 6.07) is 0. The SMILES string of the molecule is C=C(C)/C(CC(=O)O)=C(\C=C/C)N1CCC(C)(C)CC1.CCCCO. The third-order valence-electron chi connectivity index (χ3n) is 4.45. The zero-order valence-corrected chi connectivity index (χ0v) is 16.8. The summed E-state index contributed by atoms with van der Waals surface area (Å²) in [5.41, 5.74) is 3.09. The second kappa shape index (κ2) is 11.9. The molecule has 0 radical (unpaired) electrons. The molecule has 0 bridgehead atoms. The Bertz CT molecular complexity index is 477. The predicted molar refractivity (Wildman–Crippen MR) is 105 cm³/mol. The van der Waals surface area contributed by atoms with E-state index in [1.54, 1.807) is 0 Å². The van der Waals surface area contributed by atoms with E-state index in [1.165, 1.54) is 0 Å². The number of aliphatic carboxylic acids is 1. The zero-order chi connectivity index (χ0) is 19.5. The largest absolute Gasteiger partial charge is 0.481 e. The van der Waals surface area contributed by atoms with E-state index in [0.29, 0.717) is 12.0 Å². The van der Waals surface area contributed by atoms with Gasteiger partial charge in [0.2, 0.25) is 0 Å². The van der Waals surface area contributed by atoms with E-state index in [2.05, 4.69) is 32.3 Å². The molecule has 1 rings (SSSR count). The third-order valence-corrected chi connectivity index (χ3v) is 4.45. The van der Waals surface area contributed by atoms with Crippen LogP contribution < -0.4 is 0 Å². The second-order valence-corrected chi connectivity index (χ2v) is 7.44. The van der Waals surface area contributed by atoms with E-state index in [-0.39, 0.29) is 6.42 Å². The van der Waals surface area contributed by atoms with E-state index in [1.807, 2.05) is 26.0 Å². The molecule has 0 aliphatic carbocycles. The second-order valence-electron chi connectivity index (χ2n) is 7.44. The number of carboxylic acids is 1. The van der Waals surface area contributed by atoms with Gasteiger partial charge in [-0.25, -0.2) is 0 Å². The van der Waals surface area contributed by atoms with Crippen LogP contribution in [0.5, 0.6) is 0 Å². The minimum Gasteiger partial charge on any atom is -0.481 e. The summed E-state index contributed by atoms with van der Waals surface area (Å²) in [4.78, 5) is 13.4. The summed E-state index contributed by atoms with van der Waals surface area (Å²) in [6.45, 7) is 16.7. The Labute approximate surface area is 153 Å². The van der Waals surface area contributed by atoms with Gasteiger partial charge in [0, 0.05) is 25.4 Å². The number of carboxylic acid groups (broad SMARTS) is 1. The molecule has 2 N–H and O–H groups in total. The Morgan fingerprint density at radius 2 is 1.84 bits per heavy atom. The van der Waals surface area contributed by atoms with E-state index >= 15 is 0 Å². The molecule has 0 aromatic heterocycles. The molecule has 0 saturated carbocycles. The summed E-state index contributed by atoms with van der Waals surface area (Å²) in [7, 11) is 0. The molecule has 4 heteroatoms. The van der Waals surface area contributed by atoms with E-state index in [0.717, 1.165) is 55.6 Å². The van der Waals surface area contributed by atoms with E-state index in [9.17, 15) is 4.79 Å². The van der Waals surface area contributed by atoms with Crippen LogP contribution in [0.15, 0.2) is 35.6 Å². The summed E-state index contributed by atoms with van der Waals surface area (Å²) in [5.74, 6) is -0.803. The van der Waals surface area contributed by atoms with Crippen molar-refractivity contribution in [3.05, 3.63) is 35.6 Å². The summed E-state index contributed by atoms with van der Waals surface area (Å²) >= 11 is 0. The molecule has 144 valence electrons. The molecule has 0 amide bonds. The fourth-order valence-corrected chi connectivity index (χ4v) is 2.68. The average molecular weight is 352 g/mol. The maximum absolute atomic E-state index is 11.1. The van der Waals surface area contributed by atoms with Crippen molar-refractivity contribution < 1.29 is 15.0 Å². The Morgan fingerprint density at radius 1 is 1.28 bits per heavy atom. The lowest BCUT2D eigenvalue weighted by molar-refractivity contribution is -0.136. The van der Waals surface area contributed by atoms with Gasteiger partial charge in [0.1, 0.15) is 0 Å².